The van der Waals surface area contributed by atoms with E-state index < -0.39 is 5.83 Å². The summed E-state index contributed by atoms with van der Waals surface area (Å²) in [6, 6.07) is 15.3. The highest BCUT2D eigenvalue weighted by Crippen LogP contribution is 2.24. The van der Waals surface area contributed by atoms with Gasteiger partial charge in [0, 0.05) is 49.9 Å². The second kappa shape index (κ2) is 11.2. The van der Waals surface area contributed by atoms with E-state index >= 15 is 0 Å². The van der Waals surface area contributed by atoms with Crippen molar-refractivity contribution in [2.24, 2.45) is 4.99 Å². The number of hydrogen-bond donors (Lipinski definition) is 1. The lowest BCUT2D eigenvalue weighted by molar-refractivity contribution is 0.102. The fraction of sp³-hybridized carbons (Fsp3) is 0.250. The minimum absolute atomic E-state index is 0.209. The molecule has 4 rings (SSSR count). The van der Waals surface area contributed by atoms with E-state index in [9.17, 15) is 9.18 Å². The third-order valence-corrected chi connectivity index (χ3v) is 6.21. The van der Waals surface area contributed by atoms with E-state index in [-0.39, 0.29) is 5.91 Å². The maximum Gasteiger partial charge on any atom is 0.256 e. The Morgan fingerprint density at radius 3 is 2.51 bits per heavy atom. The Morgan fingerprint density at radius 2 is 1.80 bits per heavy atom. The summed E-state index contributed by atoms with van der Waals surface area (Å²) >= 11 is 0. The van der Waals surface area contributed by atoms with E-state index in [0.717, 1.165) is 60.8 Å². The van der Waals surface area contributed by atoms with Gasteiger partial charge in [0.1, 0.15) is 11.6 Å². The summed E-state index contributed by atoms with van der Waals surface area (Å²) in [7, 11) is 2.15. The Kier molecular flexibility index (Phi) is 7.80. The Balaban J connectivity index is 1.44. The summed E-state index contributed by atoms with van der Waals surface area (Å²) in [6.07, 6.45) is 4.20. The summed E-state index contributed by atoms with van der Waals surface area (Å²) in [5.74, 6) is -0.209. The molecule has 0 bridgehead atoms. The lowest BCUT2D eigenvalue weighted by Crippen LogP contribution is -2.43. The first kappa shape index (κ1) is 24.4. The number of allylic oxidation sites excluding steroid dienone is 3. The third kappa shape index (κ3) is 6.47. The molecule has 7 heteroatoms. The van der Waals surface area contributed by atoms with Crippen LogP contribution in [0, 0.1) is 0 Å². The van der Waals surface area contributed by atoms with Crippen LogP contribution in [-0.2, 0) is 6.54 Å². The molecule has 0 atom stereocenters. The van der Waals surface area contributed by atoms with Crippen molar-refractivity contribution in [1.29, 1.82) is 0 Å². The topological polar surface area (TPSA) is 60.8 Å². The molecular formula is C28H30FN5O. The predicted octanol–water partition coefficient (Wildman–Crippen LogP) is 5.15. The molecule has 0 saturated carbocycles. The molecule has 0 aliphatic carbocycles. The number of carbonyl (C=O) groups is 1. The minimum atomic E-state index is -0.463. The fourth-order valence-electron chi connectivity index (χ4n) is 4.08. The average molecular weight is 472 g/mol. The zero-order chi connectivity index (χ0) is 24.8. The summed E-state index contributed by atoms with van der Waals surface area (Å²) in [4.78, 5) is 25.4. The molecule has 1 aliphatic heterocycles. The third-order valence-electron chi connectivity index (χ3n) is 6.21. The van der Waals surface area contributed by atoms with Crippen molar-refractivity contribution in [3.63, 3.8) is 0 Å². The Hall–Kier alpha value is -3.68. The normalized spacial score (nSPS) is 15.9. The quantitative estimate of drug-likeness (QED) is 0.382. The molecule has 6 nitrogen and oxygen atoms in total. The number of anilines is 1. The van der Waals surface area contributed by atoms with E-state index in [1.807, 2.05) is 55.5 Å². The van der Waals surface area contributed by atoms with Crippen LogP contribution in [0.5, 0.6) is 0 Å². The molecular weight excluding hydrogens is 441 g/mol. The Bertz CT molecular complexity index is 1270. The van der Waals surface area contributed by atoms with Gasteiger partial charge < -0.3 is 10.2 Å². The monoisotopic (exact) mass is 471 g/mol. The zero-order valence-electron chi connectivity index (χ0n) is 20.2. The van der Waals surface area contributed by atoms with Crippen LogP contribution in [0.25, 0.3) is 16.3 Å². The van der Waals surface area contributed by atoms with Crippen LogP contribution in [-0.4, -0.2) is 60.6 Å². The van der Waals surface area contributed by atoms with E-state index in [1.165, 1.54) is 11.6 Å². The van der Waals surface area contributed by atoms with Gasteiger partial charge in [-0.15, -0.1) is 0 Å². The molecule has 1 N–H and O–H groups in total. The van der Waals surface area contributed by atoms with Gasteiger partial charge >= 0.3 is 0 Å². The summed E-state index contributed by atoms with van der Waals surface area (Å²) in [5.41, 5.74) is 3.40. The van der Waals surface area contributed by atoms with Crippen LogP contribution in [0.1, 0.15) is 28.4 Å². The molecule has 0 radical (unpaired) electrons. The number of likely N-dealkylation sites (N-methyl/N-ethyl adjacent to an activating group) is 1. The predicted molar refractivity (Wildman–Crippen MR) is 141 cm³/mol. The molecule has 1 saturated heterocycles. The van der Waals surface area contributed by atoms with Gasteiger partial charge in [0.2, 0.25) is 0 Å². The molecule has 0 spiro atoms. The number of aliphatic imine (C=N–C) groups is 1. The summed E-state index contributed by atoms with van der Waals surface area (Å²) < 4.78 is 13.8. The summed E-state index contributed by atoms with van der Waals surface area (Å²) in [6.45, 7) is 10.3. The number of benzene rings is 2. The van der Waals surface area contributed by atoms with E-state index in [0.29, 0.717) is 11.4 Å². The first-order valence-corrected chi connectivity index (χ1v) is 11.6. The molecule has 1 amide bonds. The highest BCUT2D eigenvalue weighted by atomic mass is 19.1. The van der Waals surface area contributed by atoms with Gasteiger partial charge in [-0.2, -0.15) is 0 Å². The zero-order valence-corrected chi connectivity index (χ0v) is 20.2. The smallest absolute Gasteiger partial charge is 0.256 e. The standard InChI is InChI=1S/C28H30FN5O/c1-20(14-26(29)18-30-2)23-8-9-24-17-31-27(16-25(24)15-23)32-28(35)22-6-4-21(5-7-22)19-34-12-10-33(3)11-13-34/h4-9,14-18H,2,10-13,19H2,1,3H3,(H,31,32,35)/b20-14+,26-18+. The van der Waals surface area contributed by atoms with Crippen LogP contribution in [0.4, 0.5) is 10.2 Å². The van der Waals surface area contributed by atoms with Gasteiger partial charge in [-0.05, 0) is 73.1 Å². The lowest BCUT2D eigenvalue weighted by atomic mass is 10.0. The van der Waals surface area contributed by atoms with Gasteiger partial charge in [0.15, 0.2) is 0 Å². The molecule has 35 heavy (non-hydrogen) atoms. The maximum atomic E-state index is 13.8. The average Bonchev–Trinajstić information content (AvgIpc) is 2.85. The number of pyridine rings is 1. The molecule has 180 valence electrons. The van der Waals surface area contributed by atoms with Crippen molar-refractivity contribution in [3.8, 4) is 0 Å². The van der Waals surface area contributed by atoms with E-state index in [2.05, 4.69) is 38.9 Å². The molecule has 1 aliphatic rings. The van der Waals surface area contributed by atoms with Crippen LogP contribution in [0.2, 0.25) is 0 Å². The van der Waals surface area contributed by atoms with Crippen molar-refractivity contribution >= 4 is 34.8 Å². The number of hydrogen-bond acceptors (Lipinski definition) is 5. The number of halogens is 1. The van der Waals surface area contributed by atoms with Crippen LogP contribution in [0.3, 0.4) is 0 Å². The highest BCUT2D eigenvalue weighted by Gasteiger charge is 2.14. The van der Waals surface area contributed by atoms with E-state index in [1.54, 1.807) is 6.20 Å². The number of piperazine rings is 1. The number of carbonyl (C=O) groups excluding carboxylic acids is 1. The Morgan fingerprint density at radius 1 is 1.09 bits per heavy atom. The lowest BCUT2D eigenvalue weighted by Gasteiger charge is -2.32. The molecule has 2 heterocycles. The molecule has 2 aromatic carbocycles. The second-order valence-electron chi connectivity index (χ2n) is 8.89. The van der Waals surface area contributed by atoms with Crippen molar-refractivity contribution in [2.45, 2.75) is 13.5 Å². The SMILES string of the molecule is C=N/C=C(F)\C=C(/C)c1ccc2cnc(NC(=O)c3ccc(CN4CCN(C)CC4)cc3)cc2c1. The first-order valence-electron chi connectivity index (χ1n) is 11.6. The number of amides is 1. The number of fused-ring (bicyclic) bond motifs is 1. The molecule has 0 unspecified atom stereocenters. The van der Waals surface area contributed by atoms with Crippen LogP contribution in [0.15, 0.2) is 77.8 Å². The number of nitrogens with one attached hydrogen (secondary N) is 1. The number of rotatable bonds is 7. The van der Waals surface area contributed by atoms with Crippen LogP contribution >= 0.6 is 0 Å². The van der Waals surface area contributed by atoms with Gasteiger partial charge in [0.25, 0.3) is 5.91 Å². The first-order chi connectivity index (χ1) is 16.9. The van der Waals surface area contributed by atoms with Crippen molar-refractivity contribution < 1.29 is 9.18 Å². The summed E-state index contributed by atoms with van der Waals surface area (Å²) in [5, 5.41) is 4.71. The van der Waals surface area contributed by atoms with Crippen LogP contribution < -0.4 is 5.32 Å². The van der Waals surface area contributed by atoms with Crippen molar-refractivity contribution in [2.75, 3.05) is 38.5 Å². The molecule has 1 fully saturated rings. The number of aromatic nitrogens is 1. The van der Waals surface area contributed by atoms with Gasteiger partial charge in [-0.3, -0.25) is 14.7 Å². The molecule has 1 aromatic heterocycles. The van der Waals surface area contributed by atoms with Crippen molar-refractivity contribution in [1.82, 2.24) is 14.8 Å². The van der Waals surface area contributed by atoms with Crippen molar-refractivity contribution in [3.05, 3.63) is 89.5 Å². The second-order valence-corrected chi connectivity index (χ2v) is 8.89. The number of nitrogens with zero attached hydrogens (tertiary/aromatic N) is 4. The van der Waals surface area contributed by atoms with E-state index in [4.69, 9.17) is 0 Å². The Labute approximate surface area is 205 Å². The fourth-order valence-corrected chi connectivity index (χ4v) is 4.08. The van der Waals surface area contributed by atoms with Gasteiger partial charge in [0.05, 0.1) is 6.20 Å². The molecule has 3 aromatic rings. The maximum absolute atomic E-state index is 13.8. The van der Waals surface area contributed by atoms with Gasteiger partial charge in [-0.1, -0.05) is 24.3 Å². The van der Waals surface area contributed by atoms with Gasteiger partial charge in [-0.25, -0.2) is 9.37 Å². The minimum Gasteiger partial charge on any atom is -0.307 e. The highest BCUT2D eigenvalue weighted by molar-refractivity contribution is 6.04. The largest absolute Gasteiger partial charge is 0.307 e.